The molecule has 0 radical (unpaired) electrons. The van der Waals surface area contributed by atoms with Crippen LogP contribution in [-0.4, -0.2) is 17.6 Å². The molecule has 0 aliphatic heterocycles. The summed E-state index contributed by atoms with van der Waals surface area (Å²) in [4.78, 5) is 12.3. The normalized spacial score (nSPS) is 12.0. The summed E-state index contributed by atoms with van der Waals surface area (Å²) in [5.74, 6) is -0.631. The number of carbonyl (C=O) groups is 1. The quantitative estimate of drug-likeness (QED) is 0.888. The van der Waals surface area contributed by atoms with Crippen LogP contribution in [0.25, 0.3) is 0 Å². The predicted octanol–water partition coefficient (Wildman–Crippen LogP) is 2.99. The Morgan fingerprint density at radius 3 is 2.57 bits per heavy atom. The Labute approximate surface area is 123 Å². The number of rotatable bonds is 5. The van der Waals surface area contributed by atoms with Crippen LogP contribution in [-0.2, 0) is 0 Å². The van der Waals surface area contributed by atoms with Crippen molar-refractivity contribution in [1.29, 1.82) is 0 Å². The molecule has 0 aromatic heterocycles. The summed E-state index contributed by atoms with van der Waals surface area (Å²) >= 11 is 0. The molecule has 2 rings (SSSR count). The van der Waals surface area contributed by atoms with Gasteiger partial charge in [0.2, 0.25) is 0 Å². The number of aliphatic hydroxyl groups is 1. The maximum Gasteiger partial charge on any atom is 0.252 e. The van der Waals surface area contributed by atoms with Gasteiger partial charge in [0, 0.05) is 12.2 Å². The first kappa shape index (κ1) is 15.2. The van der Waals surface area contributed by atoms with Crippen LogP contribution in [0.15, 0.2) is 48.5 Å². The van der Waals surface area contributed by atoms with Crippen LogP contribution in [0, 0.1) is 12.7 Å². The van der Waals surface area contributed by atoms with Crippen molar-refractivity contribution in [3.63, 3.8) is 0 Å². The standard InChI is InChI=1S/C17H18FNO2/c1-12-11-14(18)7-8-15(12)17(21)19-16(9-10-20)13-5-3-2-4-6-13/h2-8,11,16,20H,9-10H2,1H3,(H,19,21)/t16-/m1/s1. The lowest BCUT2D eigenvalue weighted by molar-refractivity contribution is 0.0929. The Kier molecular flexibility index (Phi) is 5.06. The summed E-state index contributed by atoms with van der Waals surface area (Å²) < 4.78 is 13.1. The van der Waals surface area contributed by atoms with E-state index in [9.17, 15) is 14.3 Å². The van der Waals surface area contributed by atoms with Gasteiger partial charge in [-0.2, -0.15) is 0 Å². The number of nitrogens with one attached hydrogen (secondary N) is 1. The van der Waals surface area contributed by atoms with E-state index in [4.69, 9.17) is 0 Å². The van der Waals surface area contributed by atoms with Crippen molar-refractivity contribution in [2.75, 3.05) is 6.61 Å². The maximum absolute atomic E-state index is 13.1. The number of hydrogen-bond donors (Lipinski definition) is 2. The van der Waals surface area contributed by atoms with Crippen LogP contribution in [0.1, 0.15) is 33.9 Å². The van der Waals surface area contributed by atoms with Gasteiger partial charge >= 0.3 is 0 Å². The zero-order valence-electron chi connectivity index (χ0n) is 11.8. The SMILES string of the molecule is Cc1cc(F)ccc1C(=O)N[C@H](CCO)c1ccccc1. The molecule has 0 fully saturated rings. The number of carbonyl (C=O) groups excluding carboxylic acids is 1. The highest BCUT2D eigenvalue weighted by Crippen LogP contribution is 2.18. The molecule has 3 nitrogen and oxygen atoms in total. The third-order valence-corrected chi connectivity index (χ3v) is 3.36. The van der Waals surface area contributed by atoms with E-state index in [1.165, 1.54) is 18.2 Å². The van der Waals surface area contributed by atoms with E-state index >= 15 is 0 Å². The zero-order valence-corrected chi connectivity index (χ0v) is 11.8. The molecule has 4 heteroatoms. The number of aryl methyl sites for hydroxylation is 1. The monoisotopic (exact) mass is 287 g/mol. The second-order valence-corrected chi connectivity index (χ2v) is 4.91. The van der Waals surface area contributed by atoms with Gasteiger partial charge in [-0.15, -0.1) is 0 Å². The van der Waals surface area contributed by atoms with E-state index in [1.54, 1.807) is 6.92 Å². The van der Waals surface area contributed by atoms with Gasteiger partial charge in [-0.3, -0.25) is 4.79 Å². The minimum absolute atomic E-state index is 0.0256. The lowest BCUT2D eigenvalue weighted by Crippen LogP contribution is -2.29. The number of hydrogen-bond acceptors (Lipinski definition) is 2. The van der Waals surface area contributed by atoms with Gasteiger partial charge in [-0.1, -0.05) is 30.3 Å². The van der Waals surface area contributed by atoms with Crippen LogP contribution in [0.2, 0.25) is 0 Å². The number of benzene rings is 2. The van der Waals surface area contributed by atoms with Crippen molar-refractivity contribution in [1.82, 2.24) is 5.32 Å². The summed E-state index contributed by atoms with van der Waals surface area (Å²) in [6, 6.07) is 13.3. The molecule has 0 unspecified atom stereocenters. The molecule has 21 heavy (non-hydrogen) atoms. The average Bonchev–Trinajstić information content (AvgIpc) is 2.47. The molecule has 2 aromatic rings. The van der Waals surface area contributed by atoms with Gasteiger partial charge in [0.25, 0.3) is 5.91 Å². The predicted molar refractivity (Wildman–Crippen MR) is 79.5 cm³/mol. The van der Waals surface area contributed by atoms with E-state index in [1.807, 2.05) is 30.3 Å². The van der Waals surface area contributed by atoms with Crippen molar-refractivity contribution in [3.8, 4) is 0 Å². The first-order valence-corrected chi connectivity index (χ1v) is 6.84. The molecular formula is C17H18FNO2. The molecule has 0 saturated carbocycles. The van der Waals surface area contributed by atoms with Crippen LogP contribution < -0.4 is 5.32 Å². The molecule has 0 spiro atoms. The molecule has 1 amide bonds. The fourth-order valence-electron chi connectivity index (χ4n) is 2.25. The zero-order chi connectivity index (χ0) is 15.2. The lowest BCUT2D eigenvalue weighted by atomic mass is 10.0. The van der Waals surface area contributed by atoms with Gasteiger partial charge in [-0.25, -0.2) is 4.39 Å². The Morgan fingerprint density at radius 1 is 1.24 bits per heavy atom. The van der Waals surface area contributed by atoms with E-state index in [-0.39, 0.29) is 24.4 Å². The minimum atomic E-state index is -0.362. The van der Waals surface area contributed by atoms with Crippen molar-refractivity contribution in [3.05, 3.63) is 71.0 Å². The summed E-state index contributed by atoms with van der Waals surface area (Å²) in [7, 11) is 0. The molecule has 2 aromatic carbocycles. The third kappa shape index (κ3) is 3.89. The number of halogens is 1. The molecular weight excluding hydrogens is 269 g/mol. The second kappa shape index (κ2) is 6.99. The number of aliphatic hydroxyl groups excluding tert-OH is 1. The van der Waals surface area contributed by atoms with Crippen molar-refractivity contribution < 1.29 is 14.3 Å². The molecule has 0 heterocycles. The van der Waals surface area contributed by atoms with E-state index in [2.05, 4.69) is 5.32 Å². The lowest BCUT2D eigenvalue weighted by Gasteiger charge is -2.19. The molecule has 2 N–H and O–H groups in total. The summed E-state index contributed by atoms with van der Waals surface area (Å²) in [6.45, 7) is 1.67. The fourth-order valence-corrected chi connectivity index (χ4v) is 2.25. The van der Waals surface area contributed by atoms with Gasteiger partial charge in [-0.05, 0) is 42.7 Å². The summed E-state index contributed by atoms with van der Waals surface area (Å²) in [5.41, 5.74) is 1.96. The van der Waals surface area contributed by atoms with Crippen molar-refractivity contribution in [2.24, 2.45) is 0 Å². The van der Waals surface area contributed by atoms with E-state index in [0.29, 0.717) is 17.5 Å². The van der Waals surface area contributed by atoms with Crippen LogP contribution in [0.4, 0.5) is 4.39 Å². The van der Waals surface area contributed by atoms with Crippen molar-refractivity contribution in [2.45, 2.75) is 19.4 Å². The van der Waals surface area contributed by atoms with Crippen LogP contribution in [0.3, 0.4) is 0 Å². The largest absolute Gasteiger partial charge is 0.396 e. The maximum atomic E-state index is 13.1. The summed E-state index contributed by atoms with van der Waals surface area (Å²) in [5, 5.41) is 12.1. The first-order chi connectivity index (χ1) is 10.1. The Balaban J connectivity index is 2.18. The van der Waals surface area contributed by atoms with E-state index in [0.717, 1.165) is 5.56 Å². The molecule has 1 atom stereocenters. The van der Waals surface area contributed by atoms with Gasteiger partial charge in [0.15, 0.2) is 0 Å². The minimum Gasteiger partial charge on any atom is -0.396 e. The molecule has 0 saturated heterocycles. The number of amides is 1. The average molecular weight is 287 g/mol. The highest BCUT2D eigenvalue weighted by Gasteiger charge is 2.16. The van der Waals surface area contributed by atoms with Gasteiger partial charge in [0.1, 0.15) is 5.82 Å². The van der Waals surface area contributed by atoms with Crippen LogP contribution >= 0.6 is 0 Å². The Hall–Kier alpha value is -2.20. The van der Waals surface area contributed by atoms with Crippen LogP contribution in [0.5, 0.6) is 0 Å². The Bertz CT molecular complexity index is 613. The van der Waals surface area contributed by atoms with E-state index < -0.39 is 0 Å². The third-order valence-electron chi connectivity index (χ3n) is 3.36. The highest BCUT2D eigenvalue weighted by molar-refractivity contribution is 5.95. The topological polar surface area (TPSA) is 49.3 Å². The molecule has 0 aliphatic carbocycles. The van der Waals surface area contributed by atoms with Crippen molar-refractivity contribution >= 4 is 5.91 Å². The molecule has 0 aliphatic rings. The highest BCUT2D eigenvalue weighted by atomic mass is 19.1. The first-order valence-electron chi connectivity index (χ1n) is 6.84. The fraction of sp³-hybridized carbons (Fsp3) is 0.235. The summed E-state index contributed by atoms with van der Waals surface area (Å²) in [6.07, 6.45) is 0.427. The van der Waals surface area contributed by atoms with Gasteiger partial charge < -0.3 is 10.4 Å². The molecule has 0 bridgehead atoms. The molecule has 110 valence electrons. The second-order valence-electron chi connectivity index (χ2n) is 4.91. The smallest absolute Gasteiger partial charge is 0.252 e. The van der Waals surface area contributed by atoms with Gasteiger partial charge in [0.05, 0.1) is 6.04 Å². The Morgan fingerprint density at radius 2 is 1.95 bits per heavy atom.